The van der Waals surface area contributed by atoms with Gasteiger partial charge in [0.2, 0.25) is 0 Å². The van der Waals surface area contributed by atoms with E-state index in [0.717, 1.165) is 37.8 Å². The third kappa shape index (κ3) is 5.28. The van der Waals surface area contributed by atoms with Crippen LogP contribution in [0.15, 0.2) is 41.6 Å². The lowest BCUT2D eigenvalue weighted by Crippen LogP contribution is -2.53. The summed E-state index contributed by atoms with van der Waals surface area (Å²) in [6, 6.07) is 9.54. The van der Waals surface area contributed by atoms with Crippen LogP contribution in [-0.2, 0) is 9.53 Å². The van der Waals surface area contributed by atoms with E-state index in [2.05, 4.69) is 20.4 Å². The van der Waals surface area contributed by atoms with Gasteiger partial charge in [-0.05, 0) is 25.3 Å². The van der Waals surface area contributed by atoms with Crippen molar-refractivity contribution in [3.8, 4) is 0 Å². The van der Waals surface area contributed by atoms with Crippen molar-refractivity contribution < 1.29 is 14.3 Å². The lowest BCUT2D eigenvalue weighted by Gasteiger charge is -2.41. The SMILES string of the molecule is CCOC(=O)C1=C(CN2CCN(C3CCCCC3)CC2)NC(=O)N[C@@H]1c1ccccc1. The van der Waals surface area contributed by atoms with Gasteiger partial charge in [-0.1, -0.05) is 49.6 Å². The first-order chi connectivity index (χ1) is 15.2. The third-order valence-corrected chi connectivity index (χ3v) is 6.66. The molecule has 7 heteroatoms. The molecule has 1 atom stereocenters. The molecule has 1 aliphatic carbocycles. The van der Waals surface area contributed by atoms with Gasteiger partial charge in [0.15, 0.2) is 0 Å². The topological polar surface area (TPSA) is 73.9 Å². The molecule has 0 aromatic heterocycles. The van der Waals surface area contributed by atoms with Crippen LogP contribution in [0.2, 0.25) is 0 Å². The second-order valence-corrected chi connectivity index (χ2v) is 8.66. The number of benzene rings is 1. The molecule has 168 valence electrons. The van der Waals surface area contributed by atoms with E-state index in [1.54, 1.807) is 6.92 Å². The smallest absolute Gasteiger partial charge is 0.338 e. The number of urea groups is 1. The zero-order valence-electron chi connectivity index (χ0n) is 18.4. The molecule has 2 amide bonds. The van der Waals surface area contributed by atoms with Crippen molar-refractivity contribution in [2.24, 2.45) is 0 Å². The van der Waals surface area contributed by atoms with E-state index >= 15 is 0 Å². The van der Waals surface area contributed by atoms with Crippen molar-refractivity contribution in [1.29, 1.82) is 0 Å². The average molecular weight is 427 g/mol. The Kier molecular flexibility index (Phi) is 7.25. The Morgan fingerprint density at radius 2 is 1.77 bits per heavy atom. The quantitative estimate of drug-likeness (QED) is 0.685. The Balaban J connectivity index is 1.50. The molecule has 2 aliphatic heterocycles. The van der Waals surface area contributed by atoms with E-state index in [9.17, 15) is 9.59 Å². The second kappa shape index (κ2) is 10.3. The van der Waals surface area contributed by atoms with Gasteiger partial charge in [0.05, 0.1) is 18.2 Å². The van der Waals surface area contributed by atoms with Crippen molar-refractivity contribution in [1.82, 2.24) is 20.4 Å². The summed E-state index contributed by atoms with van der Waals surface area (Å²) in [6.45, 7) is 6.61. The number of hydrogen-bond acceptors (Lipinski definition) is 5. The van der Waals surface area contributed by atoms with Crippen LogP contribution in [0.4, 0.5) is 4.79 Å². The van der Waals surface area contributed by atoms with Crippen LogP contribution in [0.3, 0.4) is 0 Å². The van der Waals surface area contributed by atoms with Gasteiger partial charge in [0.1, 0.15) is 0 Å². The first-order valence-electron chi connectivity index (χ1n) is 11.6. The summed E-state index contributed by atoms with van der Waals surface area (Å²) in [5, 5.41) is 5.80. The number of amides is 2. The molecule has 1 saturated heterocycles. The summed E-state index contributed by atoms with van der Waals surface area (Å²) in [7, 11) is 0. The van der Waals surface area contributed by atoms with Crippen molar-refractivity contribution in [2.75, 3.05) is 39.3 Å². The zero-order chi connectivity index (χ0) is 21.6. The summed E-state index contributed by atoms with van der Waals surface area (Å²) in [5.41, 5.74) is 2.03. The van der Waals surface area contributed by atoms with E-state index in [4.69, 9.17) is 4.74 Å². The molecule has 0 spiro atoms. The van der Waals surface area contributed by atoms with Crippen LogP contribution in [0.25, 0.3) is 0 Å². The van der Waals surface area contributed by atoms with Gasteiger partial charge in [-0.2, -0.15) is 0 Å². The number of esters is 1. The number of nitrogens with one attached hydrogen (secondary N) is 2. The fourth-order valence-electron chi connectivity index (χ4n) is 5.04. The van der Waals surface area contributed by atoms with Gasteiger partial charge in [-0.25, -0.2) is 9.59 Å². The molecule has 0 bridgehead atoms. The minimum Gasteiger partial charge on any atom is -0.463 e. The van der Waals surface area contributed by atoms with Crippen LogP contribution < -0.4 is 10.6 Å². The molecule has 2 N–H and O–H groups in total. The number of rotatable bonds is 6. The van der Waals surface area contributed by atoms with E-state index in [1.165, 1.54) is 32.1 Å². The van der Waals surface area contributed by atoms with Crippen molar-refractivity contribution >= 4 is 12.0 Å². The minimum absolute atomic E-state index is 0.280. The van der Waals surface area contributed by atoms with Crippen LogP contribution in [-0.4, -0.2) is 67.2 Å². The number of ether oxygens (including phenoxy) is 1. The third-order valence-electron chi connectivity index (χ3n) is 6.66. The van der Waals surface area contributed by atoms with Gasteiger partial charge in [0.25, 0.3) is 0 Å². The standard InChI is InChI=1S/C24H34N4O3/c1-2-31-23(29)21-20(25-24(30)26-22(21)18-9-5-3-6-10-18)17-27-13-15-28(16-14-27)19-11-7-4-8-12-19/h3,5-6,9-10,19,22H,2,4,7-8,11-17H2,1H3,(H2,25,26,30)/t22-/m1/s1. The summed E-state index contributed by atoms with van der Waals surface area (Å²) < 4.78 is 5.37. The zero-order valence-corrected chi connectivity index (χ0v) is 18.4. The van der Waals surface area contributed by atoms with Gasteiger partial charge in [-0.15, -0.1) is 0 Å². The molecule has 31 heavy (non-hydrogen) atoms. The van der Waals surface area contributed by atoms with Crippen LogP contribution >= 0.6 is 0 Å². The minimum atomic E-state index is -0.507. The van der Waals surface area contributed by atoms with Crippen molar-refractivity contribution in [2.45, 2.75) is 51.1 Å². The maximum atomic E-state index is 12.9. The highest BCUT2D eigenvalue weighted by Gasteiger charge is 2.35. The fraction of sp³-hybridized carbons (Fsp3) is 0.583. The predicted molar refractivity (Wildman–Crippen MR) is 119 cm³/mol. The Labute approximate surface area is 184 Å². The van der Waals surface area contributed by atoms with Gasteiger partial charge < -0.3 is 15.4 Å². The molecule has 1 aromatic rings. The monoisotopic (exact) mass is 426 g/mol. The summed E-state index contributed by atoms with van der Waals surface area (Å²) in [6.07, 6.45) is 6.70. The number of carbonyl (C=O) groups is 2. The highest BCUT2D eigenvalue weighted by atomic mass is 16.5. The summed E-state index contributed by atoms with van der Waals surface area (Å²) in [4.78, 5) is 30.3. The number of hydrogen-bond donors (Lipinski definition) is 2. The van der Waals surface area contributed by atoms with Crippen molar-refractivity contribution in [3.63, 3.8) is 0 Å². The highest BCUT2D eigenvalue weighted by molar-refractivity contribution is 5.95. The number of piperazine rings is 1. The van der Waals surface area contributed by atoms with Gasteiger partial charge in [0, 0.05) is 44.5 Å². The molecular formula is C24H34N4O3. The van der Waals surface area contributed by atoms with E-state index in [1.807, 2.05) is 30.3 Å². The van der Waals surface area contributed by atoms with E-state index in [0.29, 0.717) is 24.4 Å². The maximum absolute atomic E-state index is 12.9. The highest BCUT2D eigenvalue weighted by Crippen LogP contribution is 2.29. The first kappa shape index (κ1) is 21.8. The lowest BCUT2D eigenvalue weighted by atomic mass is 9.93. The number of nitrogens with zero attached hydrogens (tertiary/aromatic N) is 2. The predicted octanol–water partition coefficient (Wildman–Crippen LogP) is 2.81. The Bertz CT molecular complexity index is 796. The summed E-state index contributed by atoms with van der Waals surface area (Å²) in [5.74, 6) is -0.375. The normalized spacial score (nSPS) is 23.9. The van der Waals surface area contributed by atoms with Crippen molar-refractivity contribution in [3.05, 3.63) is 47.2 Å². The molecular weight excluding hydrogens is 392 g/mol. The number of carbonyl (C=O) groups excluding carboxylic acids is 2. The Hall–Kier alpha value is -2.38. The van der Waals surface area contributed by atoms with Gasteiger partial charge in [-0.3, -0.25) is 9.80 Å². The fourth-order valence-corrected chi connectivity index (χ4v) is 5.04. The maximum Gasteiger partial charge on any atom is 0.338 e. The second-order valence-electron chi connectivity index (χ2n) is 8.66. The molecule has 2 fully saturated rings. The van der Waals surface area contributed by atoms with E-state index < -0.39 is 6.04 Å². The lowest BCUT2D eigenvalue weighted by molar-refractivity contribution is -0.139. The van der Waals surface area contributed by atoms with Crippen LogP contribution in [0.5, 0.6) is 0 Å². The van der Waals surface area contributed by atoms with Crippen LogP contribution in [0.1, 0.15) is 50.6 Å². The average Bonchev–Trinajstić information content (AvgIpc) is 2.80. The largest absolute Gasteiger partial charge is 0.463 e. The van der Waals surface area contributed by atoms with Gasteiger partial charge >= 0.3 is 12.0 Å². The molecule has 7 nitrogen and oxygen atoms in total. The molecule has 3 aliphatic rings. The Morgan fingerprint density at radius 1 is 1.06 bits per heavy atom. The molecule has 4 rings (SSSR count). The molecule has 1 saturated carbocycles. The Morgan fingerprint density at radius 3 is 2.45 bits per heavy atom. The molecule has 2 heterocycles. The molecule has 0 unspecified atom stereocenters. The summed E-state index contributed by atoms with van der Waals surface area (Å²) >= 11 is 0. The molecule has 1 aromatic carbocycles. The molecule has 0 radical (unpaired) electrons. The van der Waals surface area contributed by atoms with Crippen LogP contribution in [0, 0.1) is 0 Å². The first-order valence-corrected chi connectivity index (χ1v) is 11.6. The van der Waals surface area contributed by atoms with E-state index in [-0.39, 0.29) is 12.0 Å².